The third-order valence-electron chi connectivity index (χ3n) is 3.23. The van der Waals surface area contributed by atoms with Crippen molar-refractivity contribution < 1.29 is 9.18 Å². The third-order valence-corrected chi connectivity index (χ3v) is 3.23. The number of aromatic nitrogens is 1. The van der Waals surface area contributed by atoms with Gasteiger partial charge in [-0.15, -0.1) is 0 Å². The van der Waals surface area contributed by atoms with Gasteiger partial charge in [0.05, 0.1) is 12.7 Å². The Balaban J connectivity index is 1.81. The minimum Gasteiger partial charge on any atom is -0.363 e. The summed E-state index contributed by atoms with van der Waals surface area (Å²) in [6.45, 7) is 0.295. The maximum atomic E-state index is 12.6. The van der Waals surface area contributed by atoms with Crippen LogP contribution in [-0.4, -0.2) is 17.3 Å². The van der Waals surface area contributed by atoms with Crippen LogP contribution >= 0.6 is 0 Å². The van der Waals surface area contributed by atoms with Gasteiger partial charge in [-0.3, -0.25) is 4.79 Å². The monoisotopic (exact) mass is 236 g/mol. The number of Topliss-reactive ketones (excluding diaryl/α,β-unsaturated/α-hetero) is 1. The Morgan fingerprint density at radius 1 is 1.35 bits per heavy atom. The van der Waals surface area contributed by atoms with Gasteiger partial charge in [-0.2, -0.15) is 0 Å². The molecule has 2 rings (SSSR count). The molecule has 0 radical (unpaired) electrons. The van der Waals surface area contributed by atoms with Gasteiger partial charge in [0.1, 0.15) is 11.6 Å². The van der Waals surface area contributed by atoms with Crippen LogP contribution in [0.15, 0.2) is 18.3 Å². The van der Waals surface area contributed by atoms with E-state index in [1.54, 1.807) is 6.07 Å². The quantitative estimate of drug-likeness (QED) is 0.874. The third kappa shape index (κ3) is 3.51. The smallest absolute Gasteiger partial charge is 0.154 e. The zero-order valence-electron chi connectivity index (χ0n) is 9.79. The standard InChI is InChI=1S/C13H17FN2O/c14-11-6-7-13(15-8-11)16-9-12(17)10-4-2-1-3-5-10/h6-8,10H,1-5,9H2,(H,15,16). The molecule has 0 bridgehead atoms. The highest BCUT2D eigenvalue weighted by Crippen LogP contribution is 2.24. The lowest BCUT2D eigenvalue weighted by atomic mass is 9.86. The van der Waals surface area contributed by atoms with Crippen molar-refractivity contribution in [3.05, 3.63) is 24.1 Å². The van der Waals surface area contributed by atoms with Crippen molar-refractivity contribution >= 4 is 11.6 Å². The van der Waals surface area contributed by atoms with Gasteiger partial charge in [0.2, 0.25) is 0 Å². The van der Waals surface area contributed by atoms with Crippen LogP contribution < -0.4 is 5.32 Å². The molecular formula is C13H17FN2O. The topological polar surface area (TPSA) is 42.0 Å². The first kappa shape index (κ1) is 12.0. The van der Waals surface area contributed by atoms with Crippen LogP contribution in [0.25, 0.3) is 0 Å². The van der Waals surface area contributed by atoms with E-state index in [1.807, 2.05) is 0 Å². The fraction of sp³-hybridized carbons (Fsp3) is 0.538. The molecule has 0 aliphatic heterocycles. The molecule has 3 nitrogen and oxygen atoms in total. The molecule has 0 unspecified atom stereocenters. The summed E-state index contributed by atoms with van der Waals surface area (Å²) in [5.41, 5.74) is 0. The van der Waals surface area contributed by atoms with E-state index in [0.717, 1.165) is 31.9 Å². The molecule has 0 saturated heterocycles. The van der Waals surface area contributed by atoms with Crippen molar-refractivity contribution in [1.82, 2.24) is 4.98 Å². The number of halogens is 1. The van der Waals surface area contributed by atoms with Crippen molar-refractivity contribution in [2.45, 2.75) is 32.1 Å². The number of anilines is 1. The molecule has 1 heterocycles. The van der Waals surface area contributed by atoms with E-state index in [4.69, 9.17) is 0 Å². The fourth-order valence-corrected chi connectivity index (χ4v) is 2.23. The Morgan fingerprint density at radius 3 is 2.76 bits per heavy atom. The number of carbonyl (C=O) groups is 1. The summed E-state index contributed by atoms with van der Waals surface area (Å²) in [5, 5.41) is 2.94. The van der Waals surface area contributed by atoms with E-state index in [-0.39, 0.29) is 17.5 Å². The van der Waals surface area contributed by atoms with E-state index < -0.39 is 0 Å². The second-order valence-electron chi connectivity index (χ2n) is 4.52. The SMILES string of the molecule is O=C(CNc1ccc(F)cn1)C1CCCCC1. The van der Waals surface area contributed by atoms with Crippen LogP contribution in [-0.2, 0) is 4.79 Å². The molecule has 0 atom stereocenters. The van der Waals surface area contributed by atoms with Gasteiger partial charge in [-0.05, 0) is 25.0 Å². The molecule has 0 amide bonds. The molecular weight excluding hydrogens is 219 g/mol. The summed E-state index contributed by atoms with van der Waals surface area (Å²) >= 11 is 0. The van der Waals surface area contributed by atoms with Gasteiger partial charge < -0.3 is 5.32 Å². The molecule has 1 aliphatic rings. The summed E-state index contributed by atoms with van der Waals surface area (Å²) in [6.07, 6.45) is 6.73. The Bertz CT molecular complexity index is 372. The predicted octanol–water partition coefficient (Wildman–Crippen LogP) is 2.78. The normalized spacial score (nSPS) is 16.8. The van der Waals surface area contributed by atoms with E-state index in [0.29, 0.717) is 12.4 Å². The molecule has 4 heteroatoms. The van der Waals surface area contributed by atoms with Crippen molar-refractivity contribution in [2.75, 3.05) is 11.9 Å². The minimum atomic E-state index is -0.367. The van der Waals surface area contributed by atoms with Gasteiger partial charge in [-0.25, -0.2) is 9.37 Å². The Labute approximate surface area is 100 Å². The number of rotatable bonds is 4. The number of carbonyl (C=O) groups excluding carboxylic acids is 1. The summed E-state index contributed by atoms with van der Waals surface area (Å²) in [5.74, 6) is 0.636. The van der Waals surface area contributed by atoms with Crippen LogP contribution in [0.3, 0.4) is 0 Å². The first-order chi connectivity index (χ1) is 8.25. The Hall–Kier alpha value is -1.45. The lowest BCUT2D eigenvalue weighted by Crippen LogP contribution is -2.25. The van der Waals surface area contributed by atoms with E-state index in [1.165, 1.54) is 12.5 Å². The molecule has 1 aromatic rings. The molecule has 92 valence electrons. The van der Waals surface area contributed by atoms with Crippen molar-refractivity contribution in [2.24, 2.45) is 5.92 Å². The zero-order valence-corrected chi connectivity index (χ0v) is 9.79. The number of hydrogen-bond donors (Lipinski definition) is 1. The maximum absolute atomic E-state index is 12.6. The number of hydrogen-bond acceptors (Lipinski definition) is 3. The summed E-state index contributed by atoms with van der Waals surface area (Å²) in [6, 6.07) is 2.88. The van der Waals surface area contributed by atoms with E-state index in [9.17, 15) is 9.18 Å². The second kappa shape index (κ2) is 5.75. The van der Waals surface area contributed by atoms with Crippen LogP contribution in [0.1, 0.15) is 32.1 Å². The highest BCUT2D eigenvalue weighted by atomic mass is 19.1. The van der Waals surface area contributed by atoms with Crippen molar-refractivity contribution in [3.8, 4) is 0 Å². The molecule has 1 fully saturated rings. The van der Waals surface area contributed by atoms with Gasteiger partial charge in [0.15, 0.2) is 5.78 Å². The van der Waals surface area contributed by atoms with Gasteiger partial charge >= 0.3 is 0 Å². The van der Waals surface area contributed by atoms with E-state index in [2.05, 4.69) is 10.3 Å². The fourth-order valence-electron chi connectivity index (χ4n) is 2.23. The second-order valence-corrected chi connectivity index (χ2v) is 4.52. The first-order valence-electron chi connectivity index (χ1n) is 6.14. The van der Waals surface area contributed by atoms with Crippen LogP contribution in [0.5, 0.6) is 0 Å². The lowest BCUT2D eigenvalue weighted by Gasteiger charge is -2.20. The molecule has 0 spiro atoms. The average molecular weight is 236 g/mol. The van der Waals surface area contributed by atoms with Crippen LogP contribution in [0.2, 0.25) is 0 Å². The van der Waals surface area contributed by atoms with E-state index >= 15 is 0 Å². The highest BCUT2D eigenvalue weighted by molar-refractivity contribution is 5.85. The zero-order chi connectivity index (χ0) is 12.1. The van der Waals surface area contributed by atoms with Gasteiger partial charge in [-0.1, -0.05) is 19.3 Å². The molecule has 17 heavy (non-hydrogen) atoms. The lowest BCUT2D eigenvalue weighted by molar-refractivity contribution is -0.122. The number of nitrogens with zero attached hydrogens (tertiary/aromatic N) is 1. The summed E-state index contributed by atoms with van der Waals surface area (Å²) in [7, 11) is 0. The van der Waals surface area contributed by atoms with Crippen molar-refractivity contribution in [1.29, 1.82) is 0 Å². The molecule has 1 aliphatic carbocycles. The van der Waals surface area contributed by atoms with Crippen LogP contribution in [0.4, 0.5) is 10.2 Å². The predicted molar refractivity (Wildman–Crippen MR) is 64.3 cm³/mol. The van der Waals surface area contributed by atoms with Crippen molar-refractivity contribution in [3.63, 3.8) is 0 Å². The number of pyridine rings is 1. The molecule has 1 aromatic heterocycles. The minimum absolute atomic E-state index is 0.205. The number of ketones is 1. The highest BCUT2D eigenvalue weighted by Gasteiger charge is 2.20. The Kier molecular flexibility index (Phi) is 4.07. The maximum Gasteiger partial charge on any atom is 0.154 e. The number of nitrogens with one attached hydrogen (secondary N) is 1. The van der Waals surface area contributed by atoms with Gasteiger partial charge in [0.25, 0.3) is 0 Å². The average Bonchev–Trinajstić information content (AvgIpc) is 2.39. The summed E-state index contributed by atoms with van der Waals surface area (Å²) < 4.78 is 12.6. The van der Waals surface area contributed by atoms with Gasteiger partial charge in [0, 0.05) is 5.92 Å². The molecule has 1 saturated carbocycles. The first-order valence-corrected chi connectivity index (χ1v) is 6.14. The Morgan fingerprint density at radius 2 is 2.12 bits per heavy atom. The largest absolute Gasteiger partial charge is 0.363 e. The van der Waals surface area contributed by atoms with Crippen LogP contribution in [0, 0.1) is 11.7 Å². The molecule has 1 N–H and O–H groups in total. The molecule has 0 aromatic carbocycles. The summed E-state index contributed by atoms with van der Waals surface area (Å²) in [4.78, 5) is 15.7.